The standard InChI is InChI=1S/C8H3BrN2S/c1-10-7-5(9)2-3-6-8(7)12-4-11-6/h2-4H. The van der Waals surface area contributed by atoms with Crippen LogP contribution in [0.3, 0.4) is 0 Å². The summed E-state index contributed by atoms with van der Waals surface area (Å²) in [6.45, 7) is 6.98. The molecule has 0 aliphatic heterocycles. The van der Waals surface area contributed by atoms with Crippen LogP contribution in [0.4, 0.5) is 5.69 Å². The van der Waals surface area contributed by atoms with E-state index in [1.807, 2.05) is 12.1 Å². The second kappa shape index (κ2) is 2.85. The minimum Gasteiger partial charge on any atom is -0.246 e. The zero-order valence-corrected chi connectivity index (χ0v) is 8.32. The molecule has 2 rings (SSSR count). The molecule has 1 heterocycles. The van der Waals surface area contributed by atoms with Gasteiger partial charge in [0, 0.05) is 4.47 Å². The first-order chi connectivity index (χ1) is 5.83. The third-order valence-corrected chi connectivity index (χ3v) is 3.02. The van der Waals surface area contributed by atoms with Crippen molar-refractivity contribution in [3.05, 3.63) is 33.5 Å². The van der Waals surface area contributed by atoms with Gasteiger partial charge in [-0.3, -0.25) is 0 Å². The van der Waals surface area contributed by atoms with Crippen molar-refractivity contribution < 1.29 is 0 Å². The third kappa shape index (κ3) is 1.02. The molecule has 0 aliphatic rings. The van der Waals surface area contributed by atoms with Crippen LogP contribution >= 0.6 is 27.3 Å². The lowest BCUT2D eigenvalue weighted by molar-refractivity contribution is 1.50. The molecule has 1 aromatic heterocycles. The van der Waals surface area contributed by atoms with Gasteiger partial charge in [-0.15, -0.1) is 11.3 Å². The molecule has 0 aliphatic carbocycles. The minimum absolute atomic E-state index is 0.662. The highest BCUT2D eigenvalue weighted by Gasteiger charge is 2.06. The van der Waals surface area contributed by atoms with E-state index in [1.54, 1.807) is 5.51 Å². The molecule has 1 aromatic carbocycles. The highest BCUT2D eigenvalue weighted by Crippen LogP contribution is 2.35. The fraction of sp³-hybridized carbons (Fsp3) is 0. The molecule has 0 radical (unpaired) electrons. The van der Waals surface area contributed by atoms with E-state index < -0.39 is 0 Å². The molecular weight excluding hydrogens is 236 g/mol. The van der Waals surface area contributed by atoms with Crippen molar-refractivity contribution in [2.24, 2.45) is 0 Å². The zero-order chi connectivity index (χ0) is 8.55. The van der Waals surface area contributed by atoms with E-state index in [4.69, 9.17) is 6.57 Å². The molecule has 0 amide bonds. The van der Waals surface area contributed by atoms with Gasteiger partial charge in [0.15, 0.2) is 0 Å². The van der Waals surface area contributed by atoms with Gasteiger partial charge >= 0.3 is 0 Å². The predicted molar refractivity (Wildman–Crippen MR) is 53.6 cm³/mol. The molecule has 0 atom stereocenters. The smallest absolute Gasteiger partial charge is 0.220 e. The summed E-state index contributed by atoms with van der Waals surface area (Å²) in [6.07, 6.45) is 0. The number of fused-ring (bicyclic) bond motifs is 1. The van der Waals surface area contributed by atoms with Gasteiger partial charge in [0.25, 0.3) is 0 Å². The molecular formula is C8H3BrN2S. The summed E-state index contributed by atoms with van der Waals surface area (Å²) >= 11 is 4.83. The molecule has 0 unspecified atom stereocenters. The van der Waals surface area contributed by atoms with Crippen LogP contribution in [-0.2, 0) is 0 Å². The summed E-state index contributed by atoms with van der Waals surface area (Å²) in [5.74, 6) is 0. The molecule has 4 heteroatoms. The number of hydrogen-bond donors (Lipinski definition) is 0. The lowest BCUT2D eigenvalue weighted by Crippen LogP contribution is -1.68. The molecule has 0 N–H and O–H groups in total. The van der Waals surface area contributed by atoms with E-state index >= 15 is 0 Å². The van der Waals surface area contributed by atoms with E-state index in [9.17, 15) is 0 Å². The Bertz CT molecular complexity index is 469. The SMILES string of the molecule is [C-]#[N+]c1c(Br)ccc2ncsc12. The number of thiazole rings is 1. The fourth-order valence-corrected chi connectivity index (χ4v) is 2.33. The molecule has 0 saturated heterocycles. The summed E-state index contributed by atoms with van der Waals surface area (Å²) in [7, 11) is 0. The quantitative estimate of drug-likeness (QED) is 0.642. The van der Waals surface area contributed by atoms with Crippen molar-refractivity contribution in [1.82, 2.24) is 4.98 Å². The Morgan fingerprint density at radius 3 is 3.08 bits per heavy atom. The van der Waals surface area contributed by atoms with Gasteiger partial charge < -0.3 is 0 Å². The first kappa shape index (κ1) is 7.71. The Morgan fingerprint density at radius 2 is 2.33 bits per heavy atom. The van der Waals surface area contributed by atoms with Crippen molar-refractivity contribution in [3.63, 3.8) is 0 Å². The largest absolute Gasteiger partial charge is 0.246 e. The second-order valence-corrected chi connectivity index (χ2v) is 3.92. The maximum absolute atomic E-state index is 6.98. The molecule has 58 valence electrons. The Morgan fingerprint density at radius 1 is 1.50 bits per heavy atom. The maximum Gasteiger partial charge on any atom is 0.220 e. The second-order valence-electron chi connectivity index (χ2n) is 2.21. The van der Waals surface area contributed by atoms with Gasteiger partial charge in [-0.1, -0.05) is 22.0 Å². The number of halogens is 1. The van der Waals surface area contributed by atoms with Crippen LogP contribution in [0.2, 0.25) is 0 Å². The van der Waals surface area contributed by atoms with Crippen LogP contribution in [0.1, 0.15) is 0 Å². The van der Waals surface area contributed by atoms with Gasteiger partial charge in [0.1, 0.15) is 0 Å². The van der Waals surface area contributed by atoms with Crippen LogP contribution < -0.4 is 0 Å². The first-order valence-corrected chi connectivity index (χ1v) is 4.89. The lowest BCUT2D eigenvalue weighted by atomic mass is 10.3. The predicted octanol–water partition coefficient (Wildman–Crippen LogP) is 3.61. The normalized spacial score (nSPS) is 10.0. The molecule has 0 bridgehead atoms. The summed E-state index contributed by atoms with van der Waals surface area (Å²) in [5.41, 5.74) is 3.32. The van der Waals surface area contributed by atoms with E-state index in [0.29, 0.717) is 5.69 Å². The van der Waals surface area contributed by atoms with E-state index in [0.717, 1.165) is 14.7 Å². The van der Waals surface area contributed by atoms with Crippen molar-refractivity contribution >= 4 is 43.2 Å². The number of benzene rings is 1. The Balaban J connectivity index is 2.94. The maximum atomic E-state index is 6.98. The van der Waals surface area contributed by atoms with Crippen LogP contribution in [0.15, 0.2) is 22.1 Å². The van der Waals surface area contributed by atoms with E-state index in [-0.39, 0.29) is 0 Å². The number of aromatic nitrogens is 1. The molecule has 0 spiro atoms. The fourth-order valence-electron chi connectivity index (χ4n) is 0.994. The zero-order valence-electron chi connectivity index (χ0n) is 5.91. The van der Waals surface area contributed by atoms with Crippen molar-refractivity contribution in [3.8, 4) is 0 Å². The summed E-state index contributed by atoms with van der Waals surface area (Å²) in [5, 5.41) is 0. The molecule has 2 aromatic rings. The van der Waals surface area contributed by atoms with Crippen LogP contribution in [0.25, 0.3) is 15.1 Å². The van der Waals surface area contributed by atoms with E-state index in [2.05, 4.69) is 25.8 Å². The minimum atomic E-state index is 0.662. The van der Waals surface area contributed by atoms with Crippen LogP contribution in [0.5, 0.6) is 0 Å². The summed E-state index contributed by atoms with van der Waals surface area (Å²) in [6, 6.07) is 3.76. The Labute approximate surface area is 81.8 Å². The average Bonchev–Trinajstić information content (AvgIpc) is 2.52. The Kier molecular flexibility index (Phi) is 1.83. The van der Waals surface area contributed by atoms with Crippen LogP contribution in [0, 0.1) is 6.57 Å². The molecule has 12 heavy (non-hydrogen) atoms. The van der Waals surface area contributed by atoms with Gasteiger partial charge in [0.2, 0.25) is 5.69 Å². The topological polar surface area (TPSA) is 17.2 Å². The molecule has 0 saturated carbocycles. The number of hydrogen-bond acceptors (Lipinski definition) is 2. The molecule has 2 nitrogen and oxygen atoms in total. The van der Waals surface area contributed by atoms with Crippen molar-refractivity contribution in [2.45, 2.75) is 0 Å². The van der Waals surface area contributed by atoms with Gasteiger partial charge in [-0.25, -0.2) is 9.83 Å². The molecule has 0 fully saturated rings. The average molecular weight is 239 g/mol. The number of rotatable bonds is 0. The van der Waals surface area contributed by atoms with Crippen molar-refractivity contribution in [2.75, 3.05) is 0 Å². The lowest BCUT2D eigenvalue weighted by Gasteiger charge is -1.94. The van der Waals surface area contributed by atoms with Gasteiger partial charge in [0.05, 0.1) is 22.3 Å². The van der Waals surface area contributed by atoms with Crippen molar-refractivity contribution in [1.29, 1.82) is 0 Å². The highest BCUT2D eigenvalue weighted by molar-refractivity contribution is 9.10. The van der Waals surface area contributed by atoms with E-state index in [1.165, 1.54) is 11.3 Å². The first-order valence-electron chi connectivity index (χ1n) is 3.22. The third-order valence-electron chi connectivity index (χ3n) is 1.54. The Hall–Kier alpha value is -0.920. The summed E-state index contributed by atoms with van der Waals surface area (Å²) in [4.78, 5) is 7.57. The monoisotopic (exact) mass is 238 g/mol. The van der Waals surface area contributed by atoms with Crippen LogP contribution in [-0.4, -0.2) is 4.98 Å². The number of nitrogens with zero attached hydrogens (tertiary/aromatic N) is 2. The van der Waals surface area contributed by atoms with Gasteiger partial charge in [-0.2, -0.15) is 0 Å². The summed E-state index contributed by atoms with van der Waals surface area (Å²) < 4.78 is 1.80. The van der Waals surface area contributed by atoms with Gasteiger partial charge in [-0.05, 0) is 6.07 Å². The highest BCUT2D eigenvalue weighted by atomic mass is 79.9.